The molecule has 2 atom stereocenters. The SMILES string of the molecule is CCCCC(CC)C(N)c1ccc(C2CCCCC2)cc1. The van der Waals surface area contributed by atoms with Gasteiger partial charge in [0.1, 0.15) is 0 Å². The van der Waals surface area contributed by atoms with Crippen molar-refractivity contribution in [1.29, 1.82) is 0 Å². The highest BCUT2D eigenvalue weighted by Gasteiger charge is 2.19. The summed E-state index contributed by atoms with van der Waals surface area (Å²) in [6.07, 6.45) is 12.0. The molecular formula is C20H33N. The van der Waals surface area contributed by atoms with Crippen LogP contribution in [0.2, 0.25) is 0 Å². The minimum Gasteiger partial charge on any atom is -0.324 e. The first-order valence-corrected chi connectivity index (χ1v) is 9.11. The lowest BCUT2D eigenvalue weighted by Crippen LogP contribution is -2.21. The van der Waals surface area contributed by atoms with Gasteiger partial charge in [0.15, 0.2) is 0 Å². The Kier molecular flexibility index (Phi) is 6.76. The third kappa shape index (κ3) is 4.57. The maximum Gasteiger partial charge on any atom is 0.0323 e. The van der Waals surface area contributed by atoms with Crippen LogP contribution < -0.4 is 5.73 Å². The summed E-state index contributed by atoms with van der Waals surface area (Å²) < 4.78 is 0. The molecule has 0 heterocycles. The number of hydrogen-bond donors (Lipinski definition) is 1. The van der Waals surface area contributed by atoms with Crippen molar-refractivity contribution >= 4 is 0 Å². The van der Waals surface area contributed by atoms with Gasteiger partial charge in [0, 0.05) is 6.04 Å². The van der Waals surface area contributed by atoms with Crippen molar-refractivity contribution in [3.63, 3.8) is 0 Å². The van der Waals surface area contributed by atoms with Gasteiger partial charge in [-0.3, -0.25) is 0 Å². The summed E-state index contributed by atoms with van der Waals surface area (Å²) >= 11 is 0. The first kappa shape index (κ1) is 16.5. The molecule has 0 bridgehead atoms. The highest BCUT2D eigenvalue weighted by atomic mass is 14.6. The minimum absolute atomic E-state index is 0.210. The fourth-order valence-corrected chi connectivity index (χ4v) is 3.80. The van der Waals surface area contributed by atoms with Gasteiger partial charge in [-0.05, 0) is 42.2 Å². The van der Waals surface area contributed by atoms with Crippen LogP contribution in [0.5, 0.6) is 0 Å². The van der Waals surface area contributed by atoms with E-state index in [0.29, 0.717) is 5.92 Å². The van der Waals surface area contributed by atoms with E-state index in [1.54, 1.807) is 0 Å². The van der Waals surface area contributed by atoms with Crippen molar-refractivity contribution in [1.82, 2.24) is 0 Å². The number of nitrogens with two attached hydrogens (primary N) is 1. The van der Waals surface area contributed by atoms with Gasteiger partial charge in [-0.25, -0.2) is 0 Å². The molecule has 0 aromatic heterocycles. The summed E-state index contributed by atoms with van der Waals surface area (Å²) in [6, 6.07) is 9.49. The van der Waals surface area contributed by atoms with Crippen molar-refractivity contribution in [2.24, 2.45) is 11.7 Å². The lowest BCUT2D eigenvalue weighted by atomic mass is 9.82. The molecule has 0 aliphatic heterocycles. The predicted molar refractivity (Wildman–Crippen MR) is 92.5 cm³/mol. The van der Waals surface area contributed by atoms with Crippen LogP contribution in [0.4, 0.5) is 0 Å². The van der Waals surface area contributed by atoms with E-state index >= 15 is 0 Å². The van der Waals surface area contributed by atoms with E-state index < -0.39 is 0 Å². The Labute approximate surface area is 131 Å². The van der Waals surface area contributed by atoms with Gasteiger partial charge in [0.05, 0.1) is 0 Å². The molecular weight excluding hydrogens is 254 g/mol. The molecule has 1 aliphatic carbocycles. The maximum atomic E-state index is 6.52. The van der Waals surface area contributed by atoms with Crippen LogP contribution in [0.3, 0.4) is 0 Å². The van der Waals surface area contributed by atoms with Crippen molar-refractivity contribution in [3.8, 4) is 0 Å². The molecule has 0 amide bonds. The largest absolute Gasteiger partial charge is 0.324 e. The normalized spacial score (nSPS) is 19.4. The second-order valence-corrected chi connectivity index (χ2v) is 6.84. The average Bonchev–Trinajstić information content (AvgIpc) is 2.56. The lowest BCUT2D eigenvalue weighted by Gasteiger charge is -2.25. The van der Waals surface area contributed by atoms with Crippen LogP contribution >= 0.6 is 0 Å². The third-order valence-corrected chi connectivity index (χ3v) is 5.36. The first-order valence-electron chi connectivity index (χ1n) is 9.11. The van der Waals surface area contributed by atoms with Crippen LogP contribution in [0.15, 0.2) is 24.3 Å². The fraction of sp³-hybridized carbons (Fsp3) is 0.700. The van der Waals surface area contributed by atoms with Crippen LogP contribution in [-0.4, -0.2) is 0 Å². The van der Waals surface area contributed by atoms with Gasteiger partial charge < -0.3 is 5.73 Å². The topological polar surface area (TPSA) is 26.0 Å². The summed E-state index contributed by atoms with van der Waals surface area (Å²) in [5.41, 5.74) is 9.38. The molecule has 118 valence electrons. The Balaban J connectivity index is 1.99. The van der Waals surface area contributed by atoms with Crippen molar-refractivity contribution in [3.05, 3.63) is 35.4 Å². The van der Waals surface area contributed by atoms with E-state index in [1.165, 1.54) is 68.9 Å². The molecule has 1 aromatic rings. The molecule has 1 nitrogen and oxygen atoms in total. The molecule has 1 fully saturated rings. The molecule has 2 N–H and O–H groups in total. The zero-order valence-corrected chi connectivity index (χ0v) is 14.0. The standard InChI is InChI=1S/C20H33N/c1-3-5-9-16(4-2)20(21)19-14-12-18(13-15-19)17-10-7-6-8-11-17/h12-17,20H,3-11,21H2,1-2H3. The number of benzene rings is 1. The molecule has 2 rings (SSSR count). The van der Waals surface area contributed by atoms with E-state index in [0.717, 1.165) is 5.92 Å². The summed E-state index contributed by atoms with van der Waals surface area (Å²) in [4.78, 5) is 0. The Bertz CT molecular complexity index is 389. The van der Waals surface area contributed by atoms with Crippen molar-refractivity contribution in [2.45, 2.75) is 83.6 Å². The Hall–Kier alpha value is -0.820. The molecule has 0 spiro atoms. The summed E-state index contributed by atoms with van der Waals surface area (Å²) in [6.45, 7) is 4.54. The summed E-state index contributed by atoms with van der Waals surface area (Å²) in [5, 5.41) is 0. The monoisotopic (exact) mass is 287 g/mol. The first-order chi connectivity index (χ1) is 10.3. The van der Waals surface area contributed by atoms with Gasteiger partial charge in [0.2, 0.25) is 0 Å². The summed E-state index contributed by atoms with van der Waals surface area (Å²) in [7, 11) is 0. The van der Waals surface area contributed by atoms with Crippen LogP contribution in [-0.2, 0) is 0 Å². The fourth-order valence-electron chi connectivity index (χ4n) is 3.80. The molecule has 1 saturated carbocycles. The zero-order chi connectivity index (χ0) is 15.1. The average molecular weight is 287 g/mol. The van der Waals surface area contributed by atoms with E-state index in [9.17, 15) is 0 Å². The molecule has 1 aromatic carbocycles. The summed E-state index contributed by atoms with van der Waals surface area (Å²) in [5.74, 6) is 1.43. The van der Waals surface area contributed by atoms with Crippen molar-refractivity contribution in [2.75, 3.05) is 0 Å². The Morgan fingerprint density at radius 1 is 1.05 bits per heavy atom. The highest BCUT2D eigenvalue weighted by Crippen LogP contribution is 2.34. The third-order valence-electron chi connectivity index (χ3n) is 5.36. The van der Waals surface area contributed by atoms with E-state index in [2.05, 4.69) is 38.1 Å². The van der Waals surface area contributed by atoms with Gasteiger partial charge in [0.25, 0.3) is 0 Å². The van der Waals surface area contributed by atoms with Crippen LogP contribution in [0, 0.1) is 5.92 Å². The Morgan fingerprint density at radius 3 is 2.29 bits per heavy atom. The van der Waals surface area contributed by atoms with Crippen molar-refractivity contribution < 1.29 is 0 Å². The van der Waals surface area contributed by atoms with E-state index in [4.69, 9.17) is 5.73 Å². The van der Waals surface area contributed by atoms with Crippen LogP contribution in [0.25, 0.3) is 0 Å². The molecule has 0 saturated heterocycles. The van der Waals surface area contributed by atoms with Gasteiger partial charge in [-0.15, -0.1) is 0 Å². The second-order valence-electron chi connectivity index (χ2n) is 6.84. The second kappa shape index (κ2) is 8.58. The van der Waals surface area contributed by atoms with E-state index in [-0.39, 0.29) is 6.04 Å². The van der Waals surface area contributed by atoms with Gasteiger partial charge in [-0.2, -0.15) is 0 Å². The maximum absolute atomic E-state index is 6.52. The minimum atomic E-state index is 0.210. The smallest absolute Gasteiger partial charge is 0.0323 e. The van der Waals surface area contributed by atoms with Gasteiger partial charge >= 0.3 is 0 Å². The molecule has 21 heavy (non-hydrogen) atoms. The highest BCUT2D eigenvalue weighted by molar-refractivity contribution is 5.28. The van der Waals surface area contributed by atoms with Crippen LogP contribution in [0.1, 0.15) is 94.7 Å². The predicted octanol–water partition coefficient (Wildman–Crippen LogP) is 5.95. The Morgan fingerprint density at radius 2 is 1.71 bits per heavy atom. The molecule has 1 aliphatic rings. The molecule has 0 radical (unpaired) electrons. The molecule has 1 heteroatoms. The molecule has 2 unspecified atom stereocenters. The quantitative estimate of drug-likeness (QED) is 0.658. The van der Waals surface area contributed by atoms with Gasteiger partial charge in [-0.1, -0.05) is 76.6 Å². The number of hydrogen-bond acceptors (Lipinski definition) is 1. The zero-order valence-electron chi connectivity index (χ0n) is 14.0. The van der Waals surface area contributed by atoms with E-state index in [1.807, 2.05) is 0 Å². The lowest BCUT2D eigenvalue weighted by molar-refractivity contribution is 0.378. The number of unbranched alkanes of at least 4 members (excludes halogenated alkanes) is 1. The number of rotatable bonds is 7.